The number of aryl methyl sites for hydroxylation is 1. The Morgan fingerprint density at radius 3 is 2.69 bits per heavy atom. The number of hydrogen-bond acceptors (Lipinski definition) is 5. The number of benzene rings is 1. The van der Waals surface area contributed by atoms with Gasteiger partial charge in [-0.2, -0.15) is 0 Å². The lowest BCUT2D eigenvalue weighted by molar-refractivity contribution is -0.139. The molecule has 1 atom stereocenters. The average molecular weight is 437 g/mol. The number of methoxy groups -OCH3 is 1. The molecule has 1 aromatic carbocycles. The smallest absolute Gasteiger partial charge is 0.254 e. The van der Waals surface area contributed by atoms with Crippen molar-refractivity contribution in [3.05, 3.63) is 53.1 Å². The van der Waals surface area contributed by atoms with E-state index < -0.39 is 0 Å². The summed E-state index contributed by atoms with van der Waals surface area (Å²) >= 11 is 0. The molecule has 1 saturated heterocycles. The van der Waals surface area contributed by atoms with Crippen molar-refractivity contribution in [2.24, 2.45) is 5.92 Å². The summed E-state index contributed by atoms with van der Waals surface area (Å²) in [6.45, 7) is 2.99. The van der Waals surface area contributed by atoms with Crippen LogP contribution in [0.15, 0.2) is 30.5 Å². The van der Waals surface area contributed by atoms with Crippen LogP contribution in [0.1, 0.15) is 78.4 Å². The molecule has 1 N–H and O–H groups in total. The third-order valence-electron chi connectivity index (χ3n) is 6.62. The van der Waals surface area contributed by atoms with Gasteiger partial charge in [0.05, 0.1) is 24.4 Å². The molecule has 1 aromatic heterocycles. The number of nitrogens with one attached hydrogen (secondary N) is 1. The number of carbonyl (C=O) groups excluding carboxylic acids is 2. The van der Waals surface area contributed by atoms with Crippen molar-refractivity contribution in [2.45, 2.75) is 64.5 Å². The molecule has 4 rings (SSSR count). The minimum absolute atomic E-state index is 0.0931. The molecule has 0 bridgehead atoms. The molecule has 170 valence electrons. The van der Waals surface area contributed by atoms with Crippen molar-refractivity contribution < 1.29 is 14.3 Å². The number of ether oxygens (including phenoxy) is 1. The summed E-state index contributed by atoms with van der Waals surface area (Å²) in [4.78, 5) is 37.1. The third-order valence-corrected chi connectivity index (χ3v) is 6.62. The van der Waals surface area contributed by atoms with Gasteiger partial charge in [-0.3, -0.25) is 9.59 Å². The van der Waals surface area contributed by atoms with Crippen molar-refractivity contribution in [2.75, 3.05) is 13.7 Å². The Bertz CT molecular complexity index is 971. The maximum absolute atomic E-state index is 13.1. The second kappa shape index (κ2) is 10.1. The minimum atomic E-state index is -0.209. The van der Waals surface area contributed by atoms with E-state index in [0.717, 1.165) is 62.8 Å². The predicted molar refractivity (Wildman–Crippen MR) is 121 cm³/mol. The SMILES string of the molecule is COc1cccc(CNC(=O)c2cnc(C3CCCCN3C(=O)C3CCCC3)nc2C)c1. The van der Waals surface area contributed by atoms with E-state index in [2.05, 4.69) is 15.3 Å². The highest BCUT2D eigenvalue weighted by atomic mass is 16.5. The minimum Gasteiger partial charge on any atom is -0.497 e. The Labute approximate surface area is 189 Å². The fourth-order valence-corrected chi connectivity index (χ4v) is 4.80. The molecule has 7 nitrogen and oxygen atoms in total. The van der Waals surface area contributed by atoms with E-state index in [-0.39, 0.29) is 23.8 Å². The second-order valence-corrected chi connectivity index (χ2v) is 8.79. The highest BCUT2D eigenvalue weighted by Gasteiger charge is 2.35. The summed E-state index contributed by atoms with van der Waals surface area (Å²) in [5.74, 6) is 1.61. The third kappa shape index (κ3) is 4.92. The van der Waals surface area contributed by atoms with E-state index in [0.29, 0.717) is 23.6 Å². The molecule has 1 aliphatic carbocycles. The molecule has 2 amide bonds. The van der Waals surface area contributed by atoms with E-state index in [1.54, 1.807) is 13.3 Å². The van der Waals surface area contributed by atoms with Gasteiger partial charge in [0, 0.05) is 25.2 Å². The lowest BCUT2D eigenvalue weighted by atomic mass is 9.97. The first-order chi connectivity index (χ1) is 15.6. The summed E-state index contributed by atoms with van der Waals surface area (Å²) in [5.41, 5.74) is 2.05. The molecule has 0 spiro atoms. The van der Waals surface area contributed by atoms with Crippen LogP contribution in [-0.4, -0.2) is 40.3 Å². The van der Waals surface area contributed by atoms with Gasteiger partial charge in [-0.1, -0.05) is 25.0 Å². The summed E-state index contributed by atoms with van der Waals surface area (Å²) in [6.07, 6.45) is 8.84. The largest absolute Gasteiger partial charge is 0.497 e. The Balaban J connectivity index is 1.45. The molecule has 7 heteroatoms. The van der Waals surface area contributed by atoms with Gasteiger partial charge in [0.25, 0.3) is 5.91 Å². The first kappa shape index (κ1) is 22.2. The van der Waals surface area contributed by atoms with Gasteiger partial charge in [-0.15, -0.1) is 0 Å². The molecule has 1 aliphatic heterocycles. The van der Waals surface area contributed by atoms with E-state index in [4.69, 9.17) is 4.74 Å². The van der Waals surface area contributed by atoms with E-state index in [1.165, 1.54) is 0 Å². The van der Waals surface area contributed by atoms with Gasteiger partial charge >= 0.3 is 0 Å². The Morgan fingerprint density at radius 2 is 1.94 bits per heavy atom. The van der Waals surface area contributed by atoms with Gasteiger partial charge in [0.1, 0.15) is 5.75 Å². The molecule has 32 heavy (non-hydrogen) atoms. The summed E-state index contributed by atoms with van der Waals surface area (Å²) in [7, 11) is 1.62. The number of nitrogens with zero attached hydrogens (tertiary/aromatic N) is 3. The fraction of sp³-hybridized carbons (Fsp3) is 0.520. The number of piperidine rings is 1. The van der Waals surface area contributed by atoms with Crippen LogP contribution >= 0.6 is 0 Å². The summed E-state index contributed by atoms with van der Waals surface area (Å²) in [5, 5.41) is 2.93. The molecule has 2 fully saturated rings. The zero-order chi connectivity index (χ0) is 22.5. The molecule has 0 radical (unpaired) electrons. The number of likely N-dealkylation sites (tertiary alicyclic amines) is 1. The van der Waals surface area contributed by atoms with Gasteiger partial charge in [0.2, 0.25) is 5.91 Å². The Morgan fingerprint density at radius 1 is 1.16 bits per heavy atom. The van der Waals surface area contributed by atoms with E-state index in [9.17, 15) is 9.59 Å². The predicted octanol–water partition coefficient (Wildman–Crippen LogP) is 3.97. The first-order valence-corrected chi connectivity index (χ1v) is 11.6. The standard InChI is InChI=1S/C25H32N4O3/c1-17-21(24(30)27-15-18-8-7-11-20(14-18)32-2)16-26-23(28-17)22-12-5-6-13-29(22)25(31)19-9-3-4-10-19/h7-8,11,14,16,19,22H,3-6,9-10,12-13,15H2,1-2H3,(H,27,30). The van der Waals surface area contributed by atoms with Crippen LogP contribution in [0.3, 0.4) is 0 Å². The van der Waals surface area contributed by atoms with Gasteiger partial charge in [0.15, 0.2) is 5.82 Å². The van der Waals surface area contributed by atoms with Gasteiger partial charge in [-0.25, -0.2) is 9.97 Å². The van der Waals surface area contributed by atoms with Crippen LogP contribution in [0.4, 0.5) is 0 Å². The van der Waals surface area contributed by atoms with Crippen molar-refractivity contribution >= 4 is 11.8 Å². The maximum atomic E-state index is 13.1. The molecule has 1 saturated carbocycles. The van der Waals surface area contributed by atoms with E-state index >= 15 is 0 Å². The molecular weight excluding hydrogens is 404 g/mol. The molecule has 2 aliphatic rings. The monoisotopic (exact) mass is 436 g/mol. The Kier molecular flexibility index (Phi) is 7.02. The van der Waals surface area contributed by atoms with Crippen molar-refractivity contribution in [3.63, 3.8) is 0 Å². The van der Waals surface area contributed by atoms with Crippen molar-refractivity contribution in [1.29, 1.82) is 0 Å². The quantitative estimate of drug-likeness (QED) is 0.741. The number of hydrogen-bond donors (Lipinski definition) is 1. The van der Waals surface area contributed by atoms with Gasteiger partial charge in [-0.05, 0) is 56.7 Å². The molecule has 2 heterocycles. The average Bonchev–Trinajstić information content (AvgIpc) is 3.37. The van der Waals surface area contributed by atoms with E-state index in [1.807, 2.05) is 36.1 Å². The van der Waals surface area contributed by atoms with Crippen LogP contribution in [0, 0.1) is 12.8 Å². The van der Waals surface area contributed by atoms with Crippen LogP contribution in [0.25, 0.3) is 0 Å². The highest BCUT2D eigenvalue weighted by Crippen LogP contribution is 2.34. The normalized spacial score (nSPS) is 19.1. The zero-order valence-electron chi connectivity index (χ0n) is 19.0. The zero-order valence-corrected chi connectivity index (χ0v) is 19.0. The van der Waals surface area contributed by atoms with Crippen LogP contribution in [0.5, 0.6) is 5.75 Å². The lowest BCUT2D eigenvalue weighted by Gasteiger charge is -2.36. The number of aromatic nitrogens is 2. The molecule has 1 unspecified atom stereocenters. The van der Waals surface area contributed by atoms with Crippen molar-refractivity contribution in [1.82, 2.24) is 20.2 Å². The first-order valence-electron chi connectivity index (χ1n) is 11.6. The fourth-order valence-electron chi connectivity index (χ4n) is 4.80. The summed E-state index contributed by atoms with van der Waals surface area (Å²) in [6, 6.07) is 7.50. The number of rotatable bonds is 6. The maximum Gasteiger partial charge on any atom is 0.254 e. The van der Waals surface area contributed by atoms with Crippen LogP contribution in [0.2, 0.25) is 0 Å². The Hall–Kier alpha value is -2.96. The number of amides is 2. The number of carbonyl (C=O) groups is 2. The second-order valence-electron chi connectivity index (χ2n) is 8.79. The summed E-state index contributed by atoms with van der Waals surface area (Å²) < 4.78 is 5.23. The van der Waals surface area contributed by atoms with Crippen molar-refractivity contribution in [3.8, 4) is 5.75 Å². The molecule has 2 aromatic rings. The lowest BCUT2D eigenvalue weighted by Crippen LogP contribution is -2.42. The topological polar surface area (TPSA) is 84.4 Å². The van der Waals surface area contributed by atoms with Crippen LogP contribution in [-0.2, 0) is 11.3 Å². The van der Waals surface area contributed by atoms with Gasteiger partial charge < -0.3 is 15.0 Å². The highest BCUT2D eigenvalue weighted by molar-refractivity contribution is 5.94. The molecular formula is C25H32N4O3. The van der Waals surface area contributed by atoms with Crippen LogP contribution < -0.4 is 10.1 Å².